The van der Waals surface area contributed by atoms with E-state index in [0.717, 1.165) is 0 Å². The van der Waals surface area contributed by atoms with Crippen LogP contribution < -0.4 is 0 Å². The zero-order valence-electron chi connectivity index (χ0n) is 11.2. The summed E-state index contributed by atoms with van der Waals surface area (Å²) in [7, 11) is 0. The summed E-state index contributed by atoms with van der Waals surface area (Å²) in [5.74, 6) is -1.59. The Labute approximate surface area is 123 Å². The van der Waals surface area contributed by atoms with E-state index in [0.29, 0.717) is 0 Å². The van der Waals surface area contributed by atoms with Gasteiger partial charge in [-0.2, -0.15) is 0 Å². The number of ether oxygens (including phenoxy) is 3. The van der Waals surface area contributed by atoms with Crippen molar-refractivity contribution in [2.75, 3.05) is 13.2 Å². The maximum absolute atomic E-state index is 10.8. The molecule has 128 valence electrons. The molecule has 22 heavy (non-hydrogen) atoms. The summed E-state index contributed by atoms with van der Waals surface area (Å²) in [5, 5.41) is 66.5. The molecule has 2 aliphatic rings. The minimum Gasteiger partial charge on any atom is -0.479 e. The van der Waals surface area contributed by atoms with Gasteiger partial charge in [-0.3, -0.25) is 0 Å². The van der Waals surface area contributed by atoms with Crippen LogP contribution in [0.5, 0.6) is 0 Å². The molecule has 0 bridgehead atoms. The van der Waals surface area contributed by atoms with Crippen molar-refractivity contribution in [3.63, 3.8) is 0 Å². The van der Waals surface area contributed by atoms with Gasteiger partial charge in [-0.15, -0.1) is 0 Å². The van der Waals surface area contributed by atoms with Gasteiger partial charge < -0.3 is 50.0 Å². The monoisotopic (exact) mass is 326 g/mol. The molecule has 2 fully saturated rings. The Morgan fingerprint density at radius 3 is 2.36 bits per heavy atom. The molecule has 0 unspecified atom stereocenters. The first-order chi connectivity index (χ1) is 10.2. The predicted octanol–water partition coefficient (Wildman–Crippen LogP) is -4.66. The largest absolute Gasteiger partial charge is 0.479 e. The fraction of sp³-hybridized carbons (Fsp3) is 0.909. The third-order valence-corrected chi connectivity index (χ3v) is 3.68. The quantitative estimate of drug-likeness (QED) is 0.263. The van der Waals surface area contributed by atoms with E-state index in [1.165, 1.54) is 0 Å². The van der Waals surface area contributed by atoms with Crippen LogP contribution in [-0.2, 0) is 19.0 Å². The van der Waals surface area contributed by atoms with Gasteiger partial charge in [-0.1, -0.05) is 0 Å². The van der Waals surface area contributed by atoms with Crippen LogP contribution in [0.4, 0.5) is 0 Å². The fourth-order valence-electron chi connectivity index (χ4n) is 2.27. The maximum Gasteiger partial charge on any atom is 0.335 e. The van der Waals surface area contributed by atoms with Crippen molar-refractivity contribution < 1.29 is 54.8 Å². The first kappa shape index (κ1) is 17.5. The molecular weight excluding hydrogens is 308 g/mol. The number of rotatable bonds is 4. The first-order valence-corrected chi connectivity index (χ1v) is 6.42. The van der Waals surface area contributed by atoms with Gasteiger partial charge in [0, 0.05) is 0 Å². The van der Waals surface area contributed by atoms with Crippen LogP contribution in [0.25, 0.3) is 0 Å². The predicted molar refractivity (Wildman–Crippen MR) is 63.2 cm³/mol. The molecule has 0 spiro atoms. The maximum atomic E-state index is 10.8. The van der Waals surface area contributed by atoms with Gasteiger partial charge in [-0.25, -0.2) is 4.79 Å². The molecule has 0 aromatic heterocycles. The molecular formula is C11H18O11. The third kappa shape index (κ3) is 2.95. The highest BCUT2D eigenvalue weighted by atomic mass is 16.7. The fourth-order valence-corrected chi connectivity index (χ4v) is 2.27. The molecule has 2 aliphatic heterocycles. The molecule has 0 saturated carbocycles. The Bertz CT molecular complexity index is 417. The molecule has 0 aromatic rings. The van der Waals surface area contributed by atoms with Crippen LogP contribution in [-0.4, -0.2) is 104 Å². The Kier molecular flexibility index (Phi) is 5.01. The van der Waals surface area contributed by atoms with E-state index < -0.39 is 67.9 Å². The molecule has 11 nitrogen and oxygen atoms in total. The molecule has 0 radical (unpaired) electrons. The number of carbonyl (C=O) groups is 1. The Balaban J connectivity index is 2.06. The summed E-state index contributed by atoms with van der Waals surface area (Å²) in [4.78, 5) is 10.8. The van der Waals surface area contributed by atoms with Crippen molar-refractivity contribution in [3.8, 4) is 0 Å². The van der Waals surface area contributed by atoms with Crippen LogP contribution in [0.15, 0.2) is 0 Å². The minimum absolute atomic E-state index is 0.463. The van der Waals surface area contributed by atoms with Crippen molar-refractivity contribution in [2.24, 2.45) is 0 Å². The summed E-state index contributed by atoms with van der Waals surface area (Å²) in [6.07, 6.45) is -12.3. The second-order valence-corrected chi connectivity index (χ2v) is 5.25. The second kappa shape index (κ2) is 6.31. The molecule has 0 aromatic carbocycles. The molecule has 2 heterocycles. The van der Waals surface area contributed by atoms with Gasteiger partial charge in [0.05, 0.1) is 13.2 Å². The zero-order chi connectivity index (χ0) is 16.7. The summed E-state index contributed by atoms with van der Waals surface area (Å²) < 4.78 is 14.6. The molecule has 0 amide bonds. The van der Waals surface area contributed by atoms with Gasteiger partial charge in [0.25, 0.3) is 0 Å². The molecule has 0 aliphatic carbocycles. The standard InChI is InChI=1S/C11H18O11/c12-1-11(19)2-20-10(7(11)15)22-6-4(14)3(13)5(8(16)17)21-9(6)18/h3-7,9-10,12-15,18-19H,1-2H2,(H,16,17)/t3-,4-,5-,6+,7-,9+,10-,11+/m0/s1. The van der Waals surface area contributed by atoms with Crippen LogP contribution in [0, 0.1) is 0 Å². The highest BCUT2D eigenvalue weighted by Gasteiger charge is 2.53. The van der Waals surface area contributed by atoms with E-state index in [1.807, 2.05) is 0 Å². The molecule has 11 heteroatoms. The van der Waals surface area contributed by atoms with Crippen molar-refractivity contribution in [1.29, 1.82) is 0 Å². The molecule has 8 atom stereocenters. The molecule has 2 saturated heterocycles. The average molecular weight is 326 g/mol. The highest BCUT2D eigenvalue weighted by molar-refractivity contribution is 5.73. The normalized spacial score (nSPS) is 49.3. The summed E-state index contributed by atoms with van der Waals surface area (Å²) >= 11 is 0. The lowest BCUT2D eigenvalue weighted by Gasteiger charge is -2.39. The third-order valence-electron chi connectivity index (χ3n) is 3.68. The van der Waals surface area contributed by atoms with Crippen LogP contribution in [0.3, 0.4) is 0 Å². The van der Waals surface area contributed by atoms with Crippen LogP contribution >= 0.6 is 0 Å². The summed E-state index contributed by atoms with van der Waals surface area (Å²) in [5.41, 5.74) is -1.97. The first-order valence-electron chi connectivity index (χ1n) is 6.42. The van der Waals surface area contributed by atoms with Crippen molar-refractivity contribution in [1.82, 2.24) is 0 Å². The SMILES string of the molecule is O=C(O)[C@H]1O[C@@H](O)[C@H](O[C@@H]2OC[C@](O)(CO)[C@H]2O)[C@@H](O)[C@@H]1O. The van der Waals surface area contributed by atoms with Gasteiger partial charge >= 0.3 is 5.97 Å². The van der Waals surface area contributed by atoms with Gasteiger partial charge in [0.15, 0.2) is 18.7 Å². The van der Waals surface area contributed by atoms with E-state index in [-0.39, 0.29) is 0 Å². The van der Waals surface area contributed by atoms with E-state index in [9.17, 15) is 30.3 Å². The lowest BCUT2D eigenvalue weighted by Crippen LogP contribution is -2.61. The van der Waals surface area contributed by atoms with Crippen LogP contribution in [0.2, 0.25) is 0 Å². The lowest BCUT2D eigenvalue weighted by molar-refractivity contribution is -0.320. The number of aliphatic hydroxyl groups is 6. The van der Waals surface area contributed by atoms with Gasteiger partial charge in [0.2, 0.25) is 0 Å². The van der Waals surface area contributed by atoms with Gasteiger partial charge in [0.1, 0.15) is 30.0 Å². The van der Waals surface area contributed by atoms with E-state index in [1.54, 1.807) is 0 Å². The molecule has 2 rings (SSSR count). The van der Waals surface area contributed by atoms with Crippen molar-refractivity contribution >= 4 is 5.97 Å². The number of hydrogen-bond donors (Lipinski definition) is 7. The second-order valence-electron chi connectivity index (χ2n) is 5.25. The van der Waals surface area contributed by atoms with Crippen LogP contribution in [0.1, 0.15) is 0 Å². The number of carboxylic acids is 1. The number of aliphatic carboxylic acids is 1. The highest BCUT2D eigenvalue weighted by Crippen LogP contribution is 2.30. The minimum atomic E-state index is -1.97. The zero-order valence-corrected chi connectivity index (χ0v) is 11.2. The van der Waals surface area contributed by atoms with Gasteiger partial charge in [-0.05, 0) is 0 Å². The van der Waals surface area contributed by atoms with Crippen molar-refractivity contribution in [3.05, 3.63) is 0 Å². The smallest absolute Gasteiger partial charge is 0.335 e. The summed E-state index contributed by atoms with van der Waals surface area (Å²) in [6, 6.07) is 0. The number of hydrogen-bond acceptors (Lipinski definition) is 10. The number of carboxylic acid groups (broad SMARTS) is 1. The Morgan fingerprint density at radius 2 is 1.86 bits per heavy atom. The number of aliphatic hydroxyl groups excluding tert-OH is 5. The van der Waals surface area contributed by atoms with E-state index in [2.05, 4.69) is 4.74 Å². The Hall–Kier alpha value is -0.890. The van der Waals surface area contributed by atoms with E-state index >= 15 is 0 Å². The molecule has 7 N–H and O–H groups in total. The van der Waals surface area contributed by atoms with E-state index in [4.69, 9.17) is 19.7 Å². The average Bonchev–Trinajstić information content (AvgIpc) is 2.75. The Morgan fingerprint density at radius 1 is 1.23 bits per heavy atom. The topological polar surface area (TPSA) is 186 Å². The lowest BCUT2D eigenvalue weighted by atomic mass is 9.98. The van der Waals surface area contributed by atoms with Crippen molar-refractivity contribution in [2.45, 2.75) is 48.7 Å². The summed E-state index contributed by atoms with van der Waals surface area (Å²) in [6.45, 7) is -1.28.